The lowest BCUT2D eigenvalue weighted by molar-refractivity contribution is -0.121. The van der Waals surface area contributed by atoms with Crippen molar-refractivity contribution in [1.29, 1.82) is 0 Å². The molecule has 1 aliphatic carbocycles. The van der Waals surface area contributed by atoms with Crippen LogP contribution in [0.15, 0.2) is 0 Å². The molecule has 0 aromatic carbocycles. The second-order valence-electron chi connectivity index (χ2n) is 3.28. The fourth-order valence-corrected chi connectivity index (χ4v) is 1.71. The van der Waals surface area contributed by atoms with Gasteiger partial charge in [0.1, 0.15) is 5.78 Å². The van der Waals surface area contributed by atoms with Gasteiger partial charge in [-0.05, 0) is 5.92 Å². The summed E-state index contributed by atoms with van der Waals surface area (Å²) in [5, 5.41) is 9.30. The van der Waals surface area contributed by atoms with Gasteiger partial charge in [-0.1, -0.05) is 19.7 Å². The number of carbonyl (C=O) groups excluding carboxylic acids is 1. The van der Waals surface area contributed by atoms with Gasteiger partial charge in [0, 0.05) is 12.3 Å². The molecule has 0 aromatic rings. The first-order valence-corrected chi connectivity index (χ1v) is 4.07. The summed E-state index contributed by atoms with van der Waals surface area (Å²) in [7, 11) is 5.34. The van der Waals surface area contributed by atoms with Gasteiger partial charge < -0.3 is 5.11 Å². The van der Waals surface area contributed by atoms with E-state index >= 15 is 0 Å². The summed E-state index contributed by atoms with van der Waals surface area (Å²) in [5.74, 6) is 0.288. The van der Waals surface area contributed by atoms with Crippen molar-refractivity contribution >= 4 is 13.6 Å². The third-order valence-corrected chi connectivity index (χ3v) is 2.54. The highest BCUT2D eigenvalue weighted by Crippen LogP contribution is 2.31. The molecule has 0 bridgehead atoms. The molecule has 2 nitrogen and oxygen atoms in total. The quantitative estimate of drug-likeness (QED) is 0.586. The Morgan fingerprint density at radius 2 is 2.36 bits per heavy atom. The molecule has 1 rings (SSSR count). The molecule has 0 saturated heterocycles. The van der Waals surface area contributed by atoms with Crippen LogP contribution in [0, 0.1) is 11.8 Å². The van der Waals surface area contributed by atoms with Crippen LogP contribution in [0.5, 0.6) is 0 Å². The van der Waals surface area contributed by atoms with Gasteiger partial charge in [0.2, 0.25) is 0 Å². The number of aliphatic hydroxyl groups excluding tert-OH is 1. The van der Waals surface area contributed by atoms with E-state index < -0.39 is 6.10 Å². The monoisotopic (exact) mass is 152 g/mol. The van der Waals surface area contributed by atoms with E-state index in [0.717, 1.165) is 6.42 Å². The third kappa shape index (κ3) is 1.64. The maximum Gasteiger partial charge on any atom is 0.138 e. The maximum absolute atomic E-state index is 11.2. The molecule has 1 N–H and O–H groups in total. The predicted molar refractivity (Wildman–Crippen MR) is 43.5 cm³/mol. The first kappa shape index (κ1) is 8.79. The average Bonchev–Trinajstić information content (AvgIpc) is 2.17. The minimum absolute atomic E-state index is 0.00926. The molecule has 0 aromatic heterocycles. The van der Waals surface area contributed by atoms with Crippen LogP contribution in [0.25, 0.3) is 0 Å². The second kappa shape index (κ2) is 3.39. The molecule has 3 heteroatoms. The molecule has 0 aliphatic heterocycles. The molecule has 3 unspecified atom stereocenters. The summed E-state index contributed by atoms with van der Waals surface area (Å²) in [6, 6.07) is 0. The Hall–Kier alpha value is -0.305. The lowest BCUT2D eigenvalue weighted by atomic mass is 9.86. The zero-order valence-corrected chi connectivity index (χ0v) is 6.79. The highest BCUT2D eigenvalue weighted by atomic mass is 16.3. The van der Waals surface area contributed by atoms with Crippen molar-refractivity contribution in [2.24, 2.45) is 11.8 Å². The van der Waals surface area contributed by atoms with E-state index in [4.69, 9.17) is 7.85 Å². The number of aliphatic hydroxyl groups is 1. The van der Waals surface area contributed by atoms with Crippen molar-refractivity contribution in [2.75, 3.05) is 0 Å². The van der Waals surface area contributed by atoms with Crippen LogP contribution in [0.2, 0.25) is 6.32 Å². The van der Waals surface area contributed by atoms with Crippen molar-refractivity contribution in [2.45, 2.75) is 32.2 Å². The molecule has 0 heterocycles. The Kier molecular flexibility index (Phi) is 2.71. The Morgan fingerprint density at radius 3 is 2.73 bits per heavy atom. The number of rotatable bonds is 2. The van der Waals surface area contributed by atoms with Crippen molar-refractivity contribution < 1.29 is 9.90 Å². The van der Waals surface area contributed by atoms with E-state index in [1.807, 2.05) is 6.92 Å². The molecule has 60 valence electrons. The van der Waals surface area contributed by atoms with Crippen LogP contribution in [0.3, 0.4) is 0 Å². The van der Waals surface area contributed by atoms with E-state index in [9.17, 15) is 9.90 Å². The second-order valence-corrected chi connectivity index (χ2v) is 3.28. The van der Waals surface area contributed by atoms with Gasteiger partial charge in [0.25, 0.3) is 0 Å². The number of ketones is 1. The Labute approximate surface area is 68.4 Å². The fourth-order valence-electron chi connectivity index (χ4n) is 1.71. The predicted octanol–water partition coefficient (Wildman–Crippen LogP) is 0.549. The summed E-state index contributed by atoms with van der Waals surface area (Å²) < 4.78 is 0. The molecule has 1 aliphatic rings. The first-order chi connectivity index (χ1) is 5.16. The number of carbonyl (C=O) groups is 1. The van der Waals surface area contributed by atoms with E-state index in [0.29, 0.717) is 12.7 Å². The smallest absolute Gasteiger partial charge is 0.138 e. The summed E-state index contributed by atoms with van der Waals surface area (Å²) in [4.78, 5) is 11.2. The minimum atomic E-state index is -0.431. The minimum Gasteiger partial charge on any atom is -0.392 e. The van der Waals surface area contributed by atoms with E-state index in [1.165, 1.54) is 0 Å². The number of Topliss-reactive ketones (excluding diaryl/α,β-unsaturated/α-hetero) is 1. The van der Waals surface area contributed by atoms with E-state index in [-0.39, 0.29) is 17.6 Å². The molecular formula is C8H13BO2. The highest BCUT2D eigenvalue weighted by molar-refractivity contribution is 6.08. The SMILES string of the molecule is [B]CCC1C(=O)CC(O)C1C. The van der Waals surface area contributed by atoms with Gasteiger partial charge in [-0.15, -0.1) is 0 Å². The van der Waals surface area contributed by atoms with Crippen LogP contribution in [-0.4, -0.2) is 24.8 Å². The maximum atomic E-state index is 11.2. The molecule has 11 heavy (non-hydrogen) atoms. The topological polar surface area (TPSA) is 37.3 Å². The fraction of sp³-hybridized carbons (Fsp3) is 0.875. The molecule has 0 spiro atoms. The zero-order chi connectivity index (χ0) is 8.43. The summed E-state index contributed by atoms with van der Waals surface area (Å²) in [6.07, 6.45) is 1.15. The summed E-state index contributed by atoms with van der Waals surface area (Å²) in [5.41, 5.74) is 0. The molecule has 1 saturated carbocycles. The van der Waals surface area contributed by atoms with Crippen LogP contribution < -0.4 is 0 Å². The summed E-state index contributed by atoms with van der Waals surface area (Å²) >= 11 is 0. The van der Waals surface area contributed by atoms with Crippen molar-refractivity contribution in [1.82, 2.24) is 0 Å². The van der Waals surface area contributed by atoms with Gasteiger partial charge in [-0.25, -0.2) is 0 Å². The average molecular weight is 152 g/mol. The lowest BCUT2D eigenvalue weighted by Crippen LogP contribution is -2.16. The van der Waals surface area contributed by atoms with E-state index in [1.54, 1.807) is 0 Å². The Morgan fingerprint density at radius 1 is 1.73 bits per heavy atom. The van der Waals surface area contributed by atoms with Gasteiger partial charge >= 0.3 is 0 Å². The van der Waals surface area contributed by atoms with Gasteiger partial charge in [0.05, 0.1) is 14.0 Å². The number of hydrogen-bond acceptors (Lipinski definition) is 2. The normalized spacial score (nSPS) is 38.0. The molecular weight excluding hydrogens is 139 g/mol. The van der Waals surface area contributed by atoms with Gasteiger partial charge in [0.15, 0.2) is 0 Å². The highest BCUT2D eigenvalue weighted by Gasteiger charge is 2.37. The van der Waals surface area contributed by atoms with Crippen LogP contribution in [0.4, 0.5) is 0 Å². The number of hydrogen-bond donors (Lipinski definition) is 1. The van der Waals surface area contributed by atoms with E-state index in [2.05, 4.69) is 0 Å². The van der Waals surface area contributed by atoms with Crippen LogP contribution in [0.1, 0.15) is 19.8 Å². The van der Waals surface area contributed by atoms with Gasteiger partial charge in [-0.3, -0.25) is 4.79 Å². The summed E-state index contributed by atoms with van der Waals surface area (Å²) in [6.45, 7) is 1.91. The van der Waals surface area contributed by atoms with Crippen molar-refractivity contribution in [3.63, 3.8) is 0 Å². The largest absolute Gasteiger partial charge is 0.392 e. The van der Waals surface area contributed by atoms with Gasteiger partial charge in [-0.2, -0.15) is 0 Å². The molecule has 1 fully saturated rings. The molecule has 0 amide bonds. The molecule has 2 radical (unpaired) electrons. The van der Waals surface area contributed by atoms with Crippen LogP contribution >= 0.6 is 0 Å². The first-order valence-electron chi connectivity index (χ1n) is 4.07. The molecule has 3 atom stereocenters. The Balaban J connectivity index is 2.56. The zero-order valence-electron chi connectivity index (χ0n) is 6.79. The Bertz CT molecular complexity index is 158. The van der Waals surface area contributed by atoms with Crippen molar-refractivity contribution in [3.05, 3.63) is 0 Å². The van der Waals surface area contributed by atoms with Crippen LogP contribution in [-0.2, 0) is 4.79 Å². The third-order valence-electron chi connectivity index (χ3n) is 2.54. The van der Waals surface area contributed by atoms with Crippen molar-refractivity contribution in [3.8, 4) is 0 Å². The lowest BCUT2D eigenvalue weighted by Gasteiger charge is -2.14. The standard InChI is InChI=1S/C8H13BO2/c1-5-6(2-3-9)8(11)4-7(5)10/h5-7,10H,2-4H2,1H3.